The molecule has 0 saturated carbocycles. The minimum absolute atomic E-state index is 0.0767. The summed E-state index contributed by atoms with van der Waals surface area (Å²) in [6, 6.07) is 4.53. The third kappa shape index (κ3) is 1.92. The van der Waals surface area contributed by atoms with Crippen LogP contribution < -0.4 is 0 Å². The summed E-state index contributed by atoms with van der Waals surface area (Å²) in [7, 11) is 0. The molecule has 0 saturated heterocycles. The summed E-state index contributed by atoms with van der Waals surface area (Å²) in [5.41, 5.74) is 0.762. The summed E-state index contributed by atoms with van der Waals surface area (Å²) in [6.07, 6.45) is 0. The second-order valence-corrected chi connectivity index (χ2v) is 3.36. The van der Waals surface area contributed by atoms with Gasteiger partial charge in [-0.3, -0.25) is 10.1 Å². The lowest BCUT2D eigenvalue weighted by Gasteiger charge is -1.97. The molecule has 1 aromatic rings. The van der Waals surface area contributed by atoms with Crippen molar-refractivity contribution in [1.29, 1.82) is 0 Å². The van der Waals surface area contributed by atoms with Crippen LogP contribution in [0.5, 0.6) is 0 Å². The molecule has 64 valence electrons. The Hall–Kier alpha value is -0.690. The monoisotopic (exact) mass is 279 g/mol. The largest absolute Gasteiger partial charge is 0.392 e. The number of aliphatic hydroxyl groups excluding tert-OH is 1. The average molecular weight is 279 g/mol. The van der Waals surface area contributed by atoms with E-state index in [1.807, 2.05) is 22.6 Å². The van der Waals surface area contributed by atoms with Crippen LogP contribution in [0.4, 0.5) is 5.69 Å². The fourth-order valence-corrected chi connectivity index (χ4v) is 1.57. The lowest BCUT2D eigenvalue weighted by atomic mass is 10.2. The van der Waals surface area contributed by atoms with Gasteiger partial charge < -0.3 is 5.11 Å². The number of nitrogens with zero attached hydrogens (tertiary/aromatic N) is 1. The highest BCUT2D eigenvalue weighted by Crippen LogP contribution is 2.21. The van der Waals surface area contributed by atoms with Crippen molar-refractivity contribution in [3.05, 3.63) is 37.4 Å². The van der Waals surface area contributed by atoms with Crippen molar-refractivity contribution >= 4 is 28.3 Å². The van der Waals surface area contributed by atoms with Crippen LogP contribution in [0.25, 0.3) is 0 Å². The molecule has 4 nitrogen and oxygen atoms in total. The van der Waals surface area contributed by atoms with Gasteiger partial charge in [-0.05, 0) is 40.3 Å². The second kappa shape index (κ2) is 3.81. The number of hydrogen-bond acceptors (Lipinski definition) is 3. The van der Waals surface area contributed by atoms with Crippen LogP contribution in [-0.2, 0) is 6.61 Å². The first-order chi connectivity index (χ1) is 5.65. The Kier molecular flexibility index (Phi) is 2.99. The van der Waals surface area contributed by atoms with Gasteiger partial charge in [0.05, 0.1) is 15.1 Å². The van der Waals surface area contributed by atoms with Gasteiger partial charge in [0.1, 0.15) is 0 Å². The summed E-state index contributed by atoms with van der Waals surface area (Å²) in [4.78, 5) is 9.92. The molecule has 1 N–H and O–H groups in total. The zero-order chi connectivity index (χ0) is 9.14. The molecular weight excluding hydrogens is 273 g/mol. The molecular formula is C7H6INO3. The Morgan fingerprint density at radius 1 is 1.58 bits per heavy atom. The van der Waals surface area contributed by atoms with Crippen molar-refractivity contribution < 1.29 is 10.0 Å². The summed E-state index contributed by atoms with van der Waals surface area (Å²) in [5, 5.41) is 19.1. The number of rotatable bonds is 2. The predicted molar refractivity (Wildman–Crippen MR) is 51.7 cm³/mol. The van der Waals surface area contributed by atoms with Crippen molar-refractivity contribution in [3.8, 4) is 0 Å². The van der Waals surface area contributed by atoms with E-state index in [0.29, 0.717) is 9.13 Å². The van der Waals surface area contributed by atoms with Gasteiger partial charge in [0.2, 0.25) is 0 Å². The lowest BCUT2D eigenvalue weighted by molar-refractivity contribution is -0.385. The third-order valence-electron chi connectivity index (χ3n) is 1.39. The molecule has 0 radical (unpaired) electrons. The van der Waals surface area contributed by atoms with Gasteiger partial charge in [-0.25, -0.2) is 0 Å². The van der Waals surface area contributed by atoms with Gasteiger partial charge in [0.25, 0.3) is 5.69 Å². The van der Waals surface area contributed by atoms with Gasteiger partial charge in [0, 0.05) is 6.07 Å². The molecule has 0 aromatic heterocycles. The smallest absolute Gasteiger partial charge is 0.282 e. The van der Waals surface area contributed by atoms with Crippen LogP contribution in [0.3, 0.4) is 0 Å². The Bertz CT molecular complexity index is 314. The Morgan fingerprint density at radius 3 is 2.67 bits per heavy atom. The van der Waals surface area contributed by atoms with E-state index in [4.69, 9.17) is 5.11 Å². The van der Waals surface area contributed by atoms with Gasteiger partial charge in [-0.2, -0.15) is 0 Å². The Labute approximate surface area is 82.5 Å². The average Bonchev–Trinajstić information content (AvgIpc) is 2.03. The molecule has 0 aliphatic rings. The Balaban J connectivity index is 3.12. The van der Waals surface area contributed by atoms with E-state index < -0.39 is 4.92 Å². The first-order valence-electron chi connectivity index (χ1n) is 3.19. The first kappa shape index (κ1) is 9.40. The molecule has 0 aliphatic carbocycles. The maximum atomic E-state index is 10.4. The van der Waals surface area contributed by atoms with Gasteiger partial charge >= 0.3 is 0 Å². The number of nitro benzene ring substituents is 1. The van der Waals surface area contributed by atoms with E-state index in [1.54, 1.807) is 12.1 Å². The number of halogens is 1. The minimum atomic E-state index is -0.442. The maximum absolute atomic E-state index is 10.4. The molecule has 0 unspecified atom stereocenters. The van der Waals surface area contributed by atoms with Crippen LogP contribution in [0.2, 0.25) is 0 Å². The van der Waals surface area contributed by atoms with E-state index >= 15 is 0 Å². The molecule has 0 fully saturated rings. The molecule has 0 amide bonds. The highest BCUT2D eigenvalue weighted by Gasteiger charge is 2.10. The van der Waals surface area contributed by atoms with Crippen LogP contribution in [-0.4, -0.2) is 10.0 Å². The van der Waals surface area contributed by atoms with E-state index in [1.165, 1.54) is 6.07 Å². The summed E-state index contributed by atoms with van der Waals surface area (Å²) in [5.74, 6) is 0. The van der Waals surface area contributed by atoms with Crippen LogP contribution >= 0.6 is 22.6 Å². The van der Waals surface area contributed by atoms with Crippen molar-refractivity contribution in [2.24, 2.45) is 0 Å². The second-order valence-electron chi connectivity index (χ2n) is 2.20. The van der Waals surface area contributed by atoms with E-state index in [0.717, 1.165) is 0 Å². The van der Waals surface area contributed by atoms with E-state index in [2.05, 4.69) is 0 Å². The molecule has 12 heavy (non-hydrogen) atoms. The molecule has 0 spiro atoms. The molecule has 0 atom stereocenters. The topological polar surface area (TPSA) is 63.4 Å². The summed E-state index contributed by atoms with van der Waals surface area (Å²) < 4.78 is 0.546. The lowest BCUT2D eigenvalue weighted by Crippen LogP contribution is -1.92. The van der Waals surface area contributed by atoms with Crippen LogP contribution in [0.15, 0.2) is 18.2 Å². The van der Waals surface area contributed by atoms with Crippen molar-refractivity contribution in [1.82, 2.24) is 0 Å². The van der Waals surface area contributed by atoms with Crippen molar-refractivity contribution in [3.63, 3.8) is 0 Å². The molecule has 0 bridgehead atoms. The van der Waals surface area contributed by atoms with Gasteiger partial charge in [0.15, 0.2) is 0 Å². The van der Waals surface area contributed by atoms with Crippen LogP contribution in [0, 0.1) is 13.7 Å². The SMILES string of the molecule is O=[N+]([O-])c1ccc(CO)cc1I. The van der Waals surface area contributed by atoms with Crippen LogP contribution in [0.1, 0.15) is 5.56 Å². The molecule has 0 heterocycles. The number of aliphatic hydroxyl groups is 1. The molecule has 0 aliphatic heterocycles. The zero-order valence-corrected chi connectivity index (χ0v) is 8.19. The fourth-order valence-electron chi connectivity index (χ4n) is 0.797. The highest BCUT2D eigenvalue weighted by atomic mass is 127. The van der Waals surface area contributed by atoms with Gasteiger partial charge in [-0.1, -0.05) is 0 Å². The minimum Gasteiger partial charge on any atom is -0.392 e. The number of benzene rings is 1. The number of nitro groups is 1. The maximum Gasteiger partial charge on any atom is 0.282 e. The van der Waals surface area contributed by atoms with Gasteiger partial charge in [-0.15, -0.1) is 0 Å². The molecule has 1 rings (SSSR count). The predicted octanol–water partition coefficient (Wildman–Crippen LogP) is 1.69. The Morgan fingerprint density at radius 2 is 2.25 bits per heavy atom. The first-order valence-corrected chi connectivity index (χ1v) is 4.26. The molecule has 5 heteroatoms. The summed E-state index contributed by atoms with van der Waals surface area (Å²) in [6.45, 7) is -0.0893. The highest BCUT2D eigenvalue weighted by molar-refractivity contribution is 14.1. The summed E-state index contributed by atoms with van der Waals surface area (Å²) >= 11 is 1.87. The zero-order valence-electron chi connectivity index (χ0n) is 6.03. The van der Waals surface area contributed by atoms with E-state index in [-0.39, 0.29) is 12.3 Å². The number of hydrogen-bond donors (Lipinski definition) is 1. The van der Waals surface area contributed by atoms with Crippen molar-refractivity contribution in [2.75, 3.05) is 0 Å². The molecule has 1 aromatic carbocycles. The van der Waals surface area contributed by atoms with E-state index in [9.17, 15) is 10.1 Å². The third-order valence-corrected chi connectivity index (χ3v) is 2.26. The standard InChI is InChI=1S/C7H6INO3/c8-6-3-5(4-10)1-2-7(6)9(11)12/h1-3,10H,4H2. The quantitative estimate of drug-likeness (QED) is 0.509. The van der Waals surface area contributed by atoms with Crippen molar-refractivity contribution in [2.45, 2.75) is 6.61 Å². The fraction of sp³-hybridized carbons (Fsp3) is 0.143. The normalized spacial score (nSPS) is 9.83.